The van der Waals surface area contributed by atoms with Crippen molar-refractivity contribution in [2.75, 3.05) is 24.3 Å². The van der Waals surface area contributed by atoms with Gasteiger partial charge in [0.1, 0.15) is 5.75 Å². The first kappa shape index (κ1) is 16.1. The molecular formula is C18H16ClN3O2. The average molecular weight is 342 g/mol. The van der Waals surface area contributed by atoms with Crippen molar-refractivity contribution in [3.8, 4) is 5.75 Å². The Morgan fingerprint density at radius 3 is 2.83 bits per heavy atom. The molecule has 122 valence electrons. The number of rotatable bonds is 5. The van der Waals surface area contributed by atoms with E-state index in [0.717, 1.165) is 16.6 Å². The number of benzene rings is 2. The molecule has 1 heterocycles. The molecule has 0 atom stereocenters. The maximum atomic E-state index is 12.2. The Labute approximate surface area is 144 Å². The molecule has 0 bridgehead atoms. The molecule has 3 aromatic rings. The zero-order valence-corrected chi connectivity index (χ0v) is 13.8. The van der Waals surface area contributed by atoms with Crippen molar-refractivity contribution >= 4 is 39.8 Å². The summed E-state index contributed by atoms with van der Waals surface area (Å²) in [5.41, 5.74) is 2.17. The van der Waals surface area contributed by atoms with Crippen LogP contribution in [-0.4, -0.2) is 24.5 Å². The minimum absolute atomic E-state index is 0.103. The molecule has 6 heteroatoms. The van der Waals surface area contributed by atoms with E-state index >= 15 is 0 Å². The van der Waals surface area contributed by atoms with E-state index in [1.54, 1.807) is 31.5 Å². The van der Waals surface area contributed by atoms with Gasteiger partial charge in [-0.1, -0.05) is 29.8 Å². The van der Waals surface area contributed by atoms with Crippen LogP contribution in [0.2, 0.25) is 5.02 Å². The smallest absolute Gasteiger partial charge is 0.243 e. The molecule has 0 radical (unpaired) electrons. The van der Waals surface area contributed by atoms with Crippen molar-refractivity contribution < 1.29 is 9.53 Å². The molecule has 0 unspecified atom stereocenters. The number of nitrogens with zero attached hydrogens (tertiary/aromatic N) is 1. The number of hydrogen-bond donors (Lipinski definition) is 2. The molecule has 5 nitrogen and oxygen atoms in total. The highest BCUT2D eigenvalue weighted by atomic mass is 35.5. The lowest BCUT2D eigenvalue weighted by atomic mass is 10.2. The number of amides is 1. The van der Waals surface area contributed by atoms with Gasteiger partial charge in [0.15, 0.2) is 0 Å². The third-order valence-corrected chi connectivity index (χ3v) is 3.74. The van der Waals surface area contributed by atoms with E-state index in [1.807, 2.05) is 30.3 Å². The van der Waals surface area contributed by atoms with E-state index in [2.05, 4.69) is 15.6 Å². The highest BCUT2D eigenvalue weighted by Crippen LogP contribution is 2.27. The van der Waals surface area contributed by atoms with Crippen LogP contribution in [-0.2, 0) is 4.79 Å². The van der Waals surface area contributed by atoms with Crippen molar-refractivity contribution in [1.29, 1.82) is 0 Å². The number of anilines is 2. The largest absolute Gasteiger partial charge is 0.495 e. The summed E-state index contributed by atoms with van der Waals surface area (Å²) in [6.45, 7) is 0.103. The van der Waals surface area contributed by atoms with E-state index < -0.39 is 0 Å². The summed E-state index contributed by atoms with van der Waals surface area (Å²) in [5.74, 6) is 0.350. The molecule has 0 aliphatic carbocycles. The van der Waals surface area contributed by atoms with Crippen LogP contribution in [0, 0.1) is 0 Å². The van der Waals surface area contributed by atoms with Gasteiger partial charge in [-0.05, 0) is 30.3 Å². The minimum atomic E-state index is -0.205. The number of halogens is 1. The maximum absolute atomic E-state index is 12.2. The summed E-state index contributed by atoms with van der Waals surface area (Å²) in [6.07, 6.45) is 1.73. The van der Waals surface area contributed by atoms with Gasteiger partial charge in [0.25, 0.3) is 0 Å². The number of methoxy groups -OCH3 is 1. The van der Waals surface area contributed by atoms with E-state index in [-0.39, 0.29) is 12.5 Å². The van der Waals surface area contributed by atoms with E-state index in [4.69, 9.17) is 16.3 Å². The zero-order valence-electron chi connectivity index (χ0n) is 13.0. The number of pyridine rings is 1. The predicted octanol–water partition coefficient (Wildman–Crippen LogP) is 3.95. The molecule has 0 saturated heterocycles. The third kappa shape index (κ3) is 3.58. The highest BCUT2D eigenvalue weighted by Gasteiger charge is 2.09. The summed E-state index contributed by atoms with van der Waals surface area (Å²) in [4.78, 5) is 16.6. The predicted molar refractivity (Wildman–Crippen MR) is 96.9 cm³/mol. The fourth-order valence-electron chi connectivity index (χ4n) is 2.39. The van der Waals surface area contributed by atoms with Gasteiger partial charge < -0.3 is 15.4 Å². The second-order valence-electron chi connectivity index (χ2n) is 5.13. The monoisotopic (exact) mass is 341 g/mol. The van der Waals surface area contributed by atoms with Crippen LogP contribution in [0.15, 0.2) is 54.7 Å². The molecule has 1 amide bonds. The summed E-state index contributed by atoms with van der Waals surface area (Å²) < 4.78 is 5.22. The minimum Gasteiger partial charge on any atom is -0.495 e. The molecule has 3 rings (SSSR count). The van der Waals surface area contributed by atoms with Crippen LogP contribution in [0.4, 0.5) is 11.4 Å². The van der Waals surface area contributed by atoms with Crippen LogP contribution in [0.5, 0.6) is 5.75 Å². The Morgan fingerprint density at radius 1 is 1.17 bits per heavy atom. The number of carbonyl (C=O) groups excluding carboxylic acids is 1. The Hall–Kier alpha value is -2.79. The molecule has 2 aromatic carbocycles. The standard InChI is InChI=1S/C18H16ClN3O2/c1-24-16-8-7-13(19)10-15(16)22-17(23)11-21-14-6-2-4-12-5-3-9-20-18(12)14/h2-10,21H,11H2,1H3,(H,22,23). The van der Waals surface area contributed by atoms with E-state index in [9.17, 15) is 4.79 Å². The van der Waals surface area contributed by atoms with Crippen LogP contribution in [0.3, 0.4) is 0 Å². The van der Waals surface area contributed by atoms with Crippen molar-refractivity contribution in [3.63, 3.8) is 0 Å². The van der Waals surface area contributed by atoms with Crippen molar-refractivity contribution in [3.05, 3.63) is 59.8 Å². The quantitative estimate of drug-likeness (QED) is 0.737. The molecule has 0 fully saturated rings. The highest BCUT2D eigenvalue weighted by molar-refractivity contribution is 6.31. The van der Waals surface area contributed by atoms with Gasteiger partial charge in [-0.3, -0.25) is 9.78 Å². The Morgan fingerprint density at radius 2 is 2.00 bits per heavy atom. The Kier molecular flexibility index (Phi) is 4.82. The van der Waals surface area contributed by atoms with Crippen LogP contribution >= 0.6 is 11.6 Å². The molecule has 0 saturated carbocycles. The first-order chi connectivity index (χ1) is 11.7. The first-order valence-electron chi connectivity index (χ1n) is 7.38. The van der Waals surface area contributed by atoms with Crippen molar-refractivity contribution in [2.45, 2.75) is 0 Å². The summed E-state index contributed by atoms with van der Waals surface area (Å²) in [5, 5.41) is 7.44. The lowest BCUT2D eigenvalue weighted by molar-refractivity contribution is -0.114. The fraction of sp³-hybridized carbons (Fsp3) is 0.111. The van der Waals surface area contributed by atoms with Gasteiger partial charge in [-0.25, -0.2) is 0 Å². The molecule has 1 aromatic heterocycles. The number of para-hydroxylation sites is 1. The molecular weight excluding hydrogens is 326 g/mol. The summed E-state index contributed by atoms with van der Waals surface area (Å²) >= 11 is 5.96. The second-order valence-corrected chi connectivity index (χ2v) is 5.56. The van der Waals surface area contributed by atoms with Crippen LogP contribution in [0.1, 0.15) is 0 Å². The van der Waals surface area contributed by atoms with Gasteiger partial charge in [-0.15, -0.1) is 0 Å². The summed E-state index contributed by atoms with van der Waals surface area (Å²) in [7, 11) is 1.54. The van der Waals surface area contributed by atoms with Gasteiger partial charge in [0.05, 0.1) is 30.5 Å². The Bertz CT molecular complexity index is 878. The number of aromatic nitrogens is 1. The number of ether oxygens (including phenoxy) is 1. The van der Waals surface area contributed by atoms with Gasteiger partial charge >= 0.3 is 0 Å². The van der Waals surface area contributed by atoms with Gasteiger partial charge in [0.2, 0.25) is 5.91 Å². The zero-order chi connectivity index (χ0) is 16.9. The average Bonchev–Trinajstić information content (AvgIpc) is 2.60. The first-order valence-corrected chi connectivity index (χ1v) is 7.76. The molecule has 0 aliphatic heterocycles. The normalized spacial score (nSPS) is 10.4. The van der Waals surface area contributed by atoms with Gasteiger partial charge in [-0.2, -0.15) is 0 Å². The Balaban J connectivity index is 1.71. The number of hydrogen-bond acceptors (Lipinski definition) is 4. The lowest BCUT2D eigenvalue weighted by Crippen LogP contribution is -2.22. The molecule has 0 spiro atoms. The number of carbonyl (C=O) groups is 1. The van der Waals surface area contributed by atoms with Gasteiger partial charge in [0, 0.05) is 16.6 Å². The second kappa shape index (κ2) is 7.19. The number of fused-ring (bicyclic) bond motifs is 1. The van der Waals surface area contributed by atoms with E-state index in [0.29, 0.717) is 16.5 Å². The van der Waals surface area contributed by atoms with Crippen molar-refractivity contribution in [1.82, 2.24) is 4.98 Å². The fourth-order valence-corrected chi connectivity index (χ4v) is 2.57. The maximum Gasteiger partial charge on any atom is 0.243 e. The van der Waals surface area contributed by atoms with Crippen molar-refractivity contribution in [2.24, 2.45) is 0 Å². The molecule has 24 heavy (non-hydrogen) atoms. The van der Waals surface area contributed by atoms with Crippen LogP contribution < -0.4 is 15.4 Å². The molecule has 0 aliphatic rings. The number of nitrogens with one attached hydrogen (secondary N) is 2. The summed E-state index contributed by atoms with van der Waals surface area (Å²) in [6, 6.07) is 14.7. The third-order valence-electron chi connectivity index (χ3n) is 3.51. The van der Waals surface area contributed by atoms with Crippen LogP contribution in [0.25, 0.3) is 10.9 Å². The SMILES string of the molecule is COc1ccc(Cl)cc1NC(=O)CNc1cccc2cccnc12. The topological polar surface area (TPSA) is 63.2 Å². The van der Waals surface area contributed by atoms with E-state index in [1.165, 1.54) is 0 Å². The lowest BCUT2D eigenvalue weighted by Gasteiger charge is -2.12. The molecule has 2 N–H and O–H groups in total.